The second-order valence-corrected chi connectivity index (χ2v) is 7.57. The molecule has 0 saturated carbocycles. The Bertz CT molecular complexity index is 679. The Balaban J connectivity index is 0.00000420. The molecule has 7 nitrogen and oxygen atoms in total. The molecular formula is C20H33ClIN5O2. The van der Waals surface area contributed by atoms with Crippen LogP contribution in [-0.4, -0.2) is 75.1 Å². The normalized spacial score (nSPS) is 15.4. The van der Waals surface area contributed by atoms with Gasteiger partial charge < -0.3 is 20.3 Å². The number of hydrogen-bond acceptors (Lipinski definition) is 4. The molecule has 0 spiro atoms. The van der Waals surface area contributed by atoms with Crippen molar-refractivity contribution >= 4 is 47.4 Å². The number of carbonyl (C=O) groups is 1. The van der Waals surface area contributed by atoms with Crippen LogP contribution in [0.1, 0.15) is 25.3 Å². The summed E-state index contributed by atoms with van der Waals surface area (Å²) < 4.78 is 5.40. The van der Waals surface area contributed by atoms with E-state index in [0.717, 1.165) is 49.7 Å². The van der Waals surface area contributed by atoms with Crippen LogP contribution < -0.4 is 15.4 Å². The van der Waals surface area contributed by atoms with Crippen LogP contribution in [-0.2, 0) is 11.3 Å². The van der Waals surface area contributed by atoms with Crippen molar-refractivity contribution in [1.29, 1.82) is 0 Å². The predicted octanol–water partition coefficient (Wildman–Crippen LogP) is 2.57. The average Bonchev–Trinajstić information content (AvgIpc) is 2.68. The Kier molecular flexibility index (Phi) is 11.7. The fourth-order valence-corrected chi connectivity index (χ4v) is 3.26. The minimum Gasteiger partial charge on any atom is -0.496 e. The highest BCUT2D eigenvalue weighted by Crippen LogP contribution is 2.23. The summed E-state index contributed by atoms with van der Waals surface area (Å²) in [4.78, 5) is 20.4. The van der Waals surface area contributed by atoms with Crippen molar-refractivity contribution in [3.63, 3.8) is 0 Å². The lowest BCUT2D eigenvalue weighted by Crippen LogP contribution is -2.50. The monoisotopic (exact) mass is 537 g/mol. The molecule has 0 bridgehead atoms. The number of carbonyl (C=O) groups excluding carboxylic acids is 1. The number of nitrogens with one attached hydrogen (secondary N) is 2. The van der Waals surface area contributed by atoms with E-state index in [4.69, 9.17) is 21.3 Å². The highest BCUT2D eigenvalue weighted by Gasteiger charge is 2.22. The zero-order valence-corrected chi connectivity index (χ0v) is 20.8. The van der Waals surface area contributed by atoms with Gasteiger partial charge >= 0.3 is 0 Å². The highest BCUT2D eigenvalue weighted by atomic mass is 127. The fourth-order valence-electron chi connectivity index (χ4n) is 3.09. The van der Waals surface area contributed by atoms with Gasteiger partial charge in [-0.15, -0.1) is 24.0 Å². The van der Waals surface area contributed by atoms with E-state index in [1.807, 2.05) is 12.1 Å². The summed E-state index contributed by atoms with van der Waals surface area (Å²) in [5.74, 6) is 1.69. The van der Waals surface area contributed by atoms with E-state index in [1.165, 1.54) is 0 Å². The lowest BCUT2D eigenvalue weighted by atomic mass is 10.1. The van der Waals surface area contributed by atoms with Gasteiger partial charge in [-0.1, -0.05) is 17.7 Å². The predicted molar refractivity (Wildman–Crippen MR) is 130 cm³/mol. The number of likely N-dealkylation sites (tertiary alicyclic amines) is 1. The van der Waals surface area contributed by atoms with Crippen LogP contribution >= 0.6 is 35.6 Å². The lowest BCUT2D eigenvalue weighted by Gasteiger charge is -2.33. The lowest BCUT2D eigenvalue weighted by molar-refractivity contribution is -0.130. The number of methoxy groups -OCH3 is 1. The fraction of sp³-hybridized carbons (Fsp3) is 0.600. The van der Waals surface area contributed by atoms with Gasteiger partial charge in [-0.25, -0.2) is 4.99 Å². The number of ether oxygens (including phenoxy) is 1. The quantitative estimate of drug-likeness (QED) is 0.318. The number of benzene rings is 1. The van der Waals surface area contributed by atoms with Crippen molar-refractivity contribution in [2.45, 2.75) is 32.4 Å². The third kappa shape index (κ3) is 8.55. The van der Waals surface area contributed by atoms with Crippen LogP contribution in [0.4, 0.5) is 0 Å². The molecule has 2 N–H and O–H groups in total. The topological polar surface area (TPSA) is 69.2 Å². The maximum absolute atomic E-state index is 11.9. The molecule has 0 aliphatic carbocycles. The van der Waals surface area contributed by atoms with Gasteiger partial charge in [0.15, 0.2) is 5.96 Å². The van der Waals surface area contributed by atoms with E-state index in [2.05, 4.69) is 22.5 Å². The van der Waals surface area contributed by atoms with Crippen molar-refractivity contribution < 1.29 is 9.53 Å². The first-order valence-corrected chi connectivity index (χ1v) is 10.1. The summed E-state index contributed by atoms with van der Waals surface area (Å²) in [6.45, 7) is 5.65. The molecule has 1 aliphatic rings. The number of halogens is 2. The minimum absolute atomic E-state index is 0. The molecule has 1 aliphatic heterocycles. The van der Waals surface area contributed by atoms with Crippen molar-refractivity contribution in [3.8, 4) is 5.75 Å². The number of nitrogens with zero attached hydrogens (tertiary/aromatic N) is 3. The Morgan fingerprint density at radius 1 is 1.34 bits per heavy atom. The maximum atomic E-state index is 11.9. The van der Waals surface area contributed by atoms with E-state index >= 15 is 0 Å². The summed E-state index contributed by atoms with van der Waals surface area (Å²) >= 11 is 6.03. The highest BCUT2D eigenvalue weighted by molar-refractivity contribution is 14.0. The molecule has 1 amide bonds. The van der Waals surface area contributed by atoms with Gasteiger partial charge in [-0.2, -0.15) is 0 Å². The molecule has 0 radical (unpaired) electrons. The van der Waals surface area contributed by atoms with Gasteiger partial charge in [0.2, 0.25) is 5.91 Å². The molecule has 1 aromatic rings. The van der Waals surface area contributed by atoms with Crippen molar-refractivity contribution in [1.82, 2.24) is 20.4 Å². The molecule has 0 unspecified atom stereocenters. The molecule has 0 atom stereocenters. The van der Waals surface area contributed by atoms with Gasteiger partial charge in [-0.3, -0.25) is 9.69 Å². The maximum Gasteiger partial charge on any atom is 0.236 e. The van der Waals surface area contributed by atoms with Crippen LogP contribution in [0.2, 0.25) is 5.02 Å². The number of piperidine rings is 1. The molecular weight excluding hydrogens is 505 g/mol. The van der Waals surface area contributed by atoms with Crippen molar-refractivity contribution in [2.24, 2.45) is 4.99 Å². The largest absolute Gasteiger partial charge is 0.496 e. The van der Waals surface area contributed by atoms with Gasteiger partial charge in [0.1, 0.15) is 5.75 Å². The van der Waals surface area contributed by atoms with Crippen LogP contribution in [0.15, 0.2) is 23.2 Å². The standard InChI is InChI=1S/C20H32ClN5O2.HI/c1-5-22-20(23-13-15-6-7-16(21)12-18(15)28-4)24-17-8-10-26(11-9-17)14-19(27)25(2)3;/h6-7,12,17H,5,8-11,13-14H2,1-4H3,(H2,22,23,24);1H. The molecule has 1 fully saturated rings. The van der Waals surface area contributed by atoms with E-state index in [1.54, 1.807) is 32.2 Å². The first-order chi connectivity index (χ1) is 13.4. The molecule has 164 valence electrons. The van der Waals surface area contributed by atoms with Crippen LogP contribution in [0.5, 0.6) is 5.75 Å². The number of rotatable bonds is 7. The van der Waals surface area contributed by atoms with Crippen molar-refractivity contribution in [3.05, 3.63) is 28.8 Å². The zero-order chi connectivity index (χ0) is 20.5. The molecule has 2 rings (SSSR count). The number of likely N-dealkylation sites (N-methyl/N-ethyl adjacent to an activating group) is 1. The van der Waals surface area contributed by atoms with E-state index in [9.17, 15) is 4.79 Å². The Morgan fingerprint density at radius 3 is 2.62 bits per heavy atom. The first kappa shape index (κ1) is 25.8. The number of amides is 1. The first-order valence-electron chi connectivity index (χ1n) is 9.72. The second kappa shape index (κ2) is 13.1. The summed E-state index contributed by atoms with van der Waals surface area (Å²) in [5.41, 5.74) is 0.987. The number of guanidine groups is 1. The minimum atomic E-state index is 0. The zero-order valence-electron chi connectivity index (χ0n) is 17.7. The van der Waals surface area contributed by atoms with Gasteiger partial charge in [0.25, 0.3) is 0 Å². The Hall–Kier alpha value is -1.26. The van der Waals surface area contributed by atoms with E-state index < -0.39 is 0 Å². The summed E-state index contributed by atoms with van der Waals surface area (Å²) in [6, 6.07) is 5.93. The summed E-state index contributed by atoms with van der Waals surface area (Å²) in [5, 5.41) is 7.47. The number of hydrogen-bond donors (Lipinski definition) is 2. The molecule has 1 heterocycles. The molecule has 1 aromatic carbocycles. The third-order valence-electron chi connectivity index (χ3n) is 4.79. The van der Waals surface area contributed by atoms with Gasteiger partial charge in [0.05, 0.1) is 20.2 Å². The van der Waals surface area contributed by atoms with Crippen LogP contribution in [0, 0.1) is 0 Å². The Morgan fingerprint density at radius 2 is 2.03 bits per heavy atom. The molecule has 0 aromatic heterocycles. The van der Waals surface area contributed by atoms with E-state index in [0.29, 0.717) is 24.2 Å². The van der Waals surface area contributed by atoms with E-state index in [-0.39, 0.29) is 29.9 Å². The van der Waals surface area contributed by atoms with Gasteiger partial charge in [-0.05, 0) is 31.9 Å². The second-order valence-electron chi connectivity index (χ2n) is 7.13. The van der Waals surface area contributed by atoms with Crippen LogP contribution in [0.25, 0.3) is 0 Å². The molecule has 29 heavy (non-hydrogen) atoms. The SMILES string of the molecule is CCNC(=NCc1ccc(Cl)cc1OC)NC1CCN(CC(=O)N(C)C)CC1.I. The summed E-state index contributed by atoms with van der Waals surface area (Å²) in [6.07, 6.45) is 1.96. The average molecular weight is 538 g/mol. The smallest absolute Gasteiger partial charge is 0.236 e. The van der Waals surface area contributed by atoms with Crippen LogP contribution in [0.3, 0.4) is 0 Å². The number of aliphatic imine (C=N–C) groups is 1. The molecule has 9 heteroatoms. The molecule has 1 saturated heterocycles. The summed E-state index contributed by atoms with van der Waals surface area (Å²) in [7, 11) is 5.23. The Labute approximate surface area is 196 Å². The van der Waals surface area contributed by atoms with Gasteiger partial charge in [0, 0.05) is 50.4 Å². The third-order valence-corrected chi connectivity index (χ3v) is 5.02. The van der Waals surface area contributed by atoms with Crippen molar-refractivity contribution in [2.75, 3.05) is 47.4 Å².